The van der Waals surface area contributed by atoms with Gasteiger partial charge in [-0.2, -0.15) is 0 Å². The Morgan fingerprint density at radius 3 is 2.50 bits per heavy atom. The molecule has 2 aliphatic rings. The molecule has 1 atom stereocenters. The van der Waals surface area contributed by atoms with Gasteiger partial charge in [0, 0.05) is 45.8 Å². The van der Waals surface area contributed by atoms with Crippen molar-refractivity contribution in [2.45, 2.75) is 37.4 Å². The molecule has 3 N–H and O–H groups in total. The summed E-state index contributed by atoms with van der Waals surface area (Å²) < 4.78 is 10.5. The molecule has 0 radical (unpaired) electrons. The fraction of sp³-hybridized carbons (Fsp3) is 0.846. The van der Waals surface area contributed by atoms with Crippen LogP contribution in [-0.4, -0.2) is 61.5 Å². The first-order chi connectivity index (χ1) is 9.59. The highest BCUT2D eigenvalue weighted by molar-refractivity contribution is 6.35. The van der Waals surface area contributed by atoms with Crippen LogP contribution in [0.3, 0.4) is 0 Å². The zero-order chi connectivity index (χ0) is 14.4. The minimum absolute atomic E-state index is 0.00595. The maximum absolute atomic E-state index is 11.6. The lowest BCUT2D eigenvalue weighted by atomic mass is 9.94. The van der Waals surface area contributed by atoms with Gasteiger partial charge in [0.15, 0.2) is 0 Å². The van der Waals surface area contributed by atoms with Crippen LogP contribution in [0.5, 0.6) is 0 Å². The molecule has 114 valence electrons. The van der Waals surface area contributed by atoms with Crippen molar-refractivity contribution in [3.05, 3.63) is 0 Å². The molecule has 0 saturated carbocycles. The van der Waals surface area contributed by atoms with Gasteiger partial charge < -0.3 is 25.2 Å². The van der Waals surface area contributed by atoms with E-state index in [1.807, 2.05) is 0 Å². The topological polar surface area (TPSA) is 96.9 Å². The van der Waals surface area contributed by atoms with E-state index in [1.165, 1.54) is 0 Å². The molecule has 2 amide bonds. The number of nitrogens with one attached hydrogen (secondary N) is 2. The van der Waals surface area contributed by atoms with E-state index in [1.54, 1.807) is 0 Å². The summed E-state index contributed by atoms with van der Waals surface area (Å²) in [6.45, 7) is 2.07. The van der Waals surface area contributed by atoms with Crippen LogP contribution < -0.4 is 10.6 Å². The van der Waals surface area contributed by atoms with Crippen molar-refractivity contribution >= 4 is 11.8 Å². The van der Waals surface area contributed by atoms with Gasteiger partial charge in [0.1, 0.15) is 0 Å². The Morgan fingerprint density at radius 2 is 1.85 bits per heavy atom. The standard InChI is InChI=1S/C13H22N2O5/c16-11(14-8-10-2-1-5-20-10)12(17)15-9-13(18)3-6-19-7-4-13/h10,18H,1-9H2,(H,14,16)(H,15,17)/t10-/m1/s1. The van der Waals surface area contributed by atoms with Crippen LogP contribution in [0.15, 0.2) is 0 Å². The second-order valence-corrected chi connectivity index (χ2v) is 5.36. The molecule has 2 heterocycles. The third-order valence-corrected chi connectivity index (χ3v) is 3.72. The van der Waals surface area contributed by atoms with E-state index in [-0.39, 0.29) is 12.6 Å². The summed E-state index contributed by atoms with van der Waals surface area (Å²) in [5, 5.41) is 15.2. The number of ether oxygens (including phenoxy) is 2. The minimum Gasteiger partial charge on any atom is -0.388 e. The van der Waals surface area contributed by atoms with E-state index in [9.17, 15) is 14.7 Å². The highest BCUT2D eigenvalue weighted by Gasteiger charge is 2.31. The Kier molecular flexibility index (Phi) is 5.33. The normalized spacial score (nSPS) is 25.1. The minimum atomic E-state index is -0.969. The summed E-state index contributed by atoms with van der Waals surface area (Å²) in [7, 11) is 0. The van der Waals surface area contributed by atoms with Gasteiger partial charge >= 0.3 is 11.8 Å². The number of rotatable bonds is 4. The van der Waals surface area contributed by atoms with Gasteiger partial charge in [0.05, 0.1) is 11.7 Å². The van der Waals surface area contributed by atoms with Crippen molar-refractivity contribution in [1.82, 2.24) is 10.6 Å². The summed E-state index contributed by atoms with van der Waals surface area (Å²) in [5.41, 5.74) is -0.969. The summed E-state index contributed by atoms with van der Waals surface area (Å²) in [6.07, 6.45) is 2.82. The molecule has 7 nitrogen and oxygen atoms in total. The molecule has 0 aromatic carbocycles. The summed E-state index contributed by atoms with van der Waals surface area (Å²) in [6, 6.07) is 0. The van der Waals surface area contributed by atoms with E-state index in [0.717, 1.165) is 12.8 Å². The first-order valence-corrected chi connectivity index (χ1v) is 7.07. The van der Waals surface area contributed by atoms with Gasteiger partial charge in [-0.05, 0) is 12.8 Å². The summed E-state index contributed by atoms with van der Waals surface area (Å²) in [5.74, 6) is -1.40. The highest BCUT2D eigenvalue weighted by Crippen LogP contribution is 2.19. The zero-order valence-corrected chi connectivity index (χ0v) is 11.5. The van der Waals surface area contributed by atoms with Crippen molar-refractivity contribution in [3.63, 3.8) is 0 Å². The van der Waals surface area contributed by atoms with Gasteiger partial charge in [-0.15, -0.1) is 0 Å². The fourth-order valence-corrected chi connectivity index (χ4v) is 2.35. The third kappa shape index (κ3) is 4.43. The Labute approximate surface area is 118 Å². The summed E-state index contributed by atoms with van der Waals surface area (Å²) >= 11 is 0. The number of aliphatic hydroxyl groups is 1. The van der Waals surface area contributed by atoms with Crippen molar-refractivity contribution in [3.8, 4) is 0 Å². The first kappa shape index (κ1) is 15.2. The van der Waals surface area contributed by atoms with Crippen molar-refractivity contribution in [1.29, 1.82) is 0 Å². The maximum Gasteiger partial charge on any atom is 0.309 e. The molecule has 2 rings (SSSR count). The van der Waals surface area contributed by atoms with E-state index in [0.29, 0.717) is 39.2 Å². The predicted molar refractivity (Wildman–Crippen MR) is 70.0 cm³/mol. The molecule has 2 aliphatic heterocycles. The van der Waals surface area contributed by atoms with Crippen LogP contribution in [0.2, 0.25) is 0 Å². The van der Waals surface area contributed by atoms with Crippen molar-refractivity contribution in [2.24, 2.45) is 0 Å². The molecule has 7 heteroatoms. The molecule has 0 aromatic heterocycles. The number of carbonyl (C=O) groups is 2. The van der Waals surface area contributed by atoms with Gasteiger partial charge in [-0.1, -0.05) is 0 Å². The van der Waals surface area contributed by atoms with Crippen LogP contribution >= 0.6 is 0 Å². The quantitative estimate of drug-likeness (QED) is 0.572. The number of amides is 2. The monoisotopic (exact) mass is 286 g/mol. The molecule has 0 unspecified atom stereocenters. The number of carbonyl (C=O) groups excluding carboxylic acids is 2. The third-order valence-electron chi connectivity index (χ3n) is 3.72. The van der Waals surface area contributed by atoms with Gasteiger partial charge in [0.2, 0.25) is 0 Å². The number of hydrogen-bond donors (Lipinski definition) is 3. The van der Waals surface area contributed by atoms with Crippen LogP contribution in [0.4, 0.5) is 0 Å². The molecule has 0 aliphatic carbocycles. The van der Waals surface area contributed by atoms with E-state index in [4.69, 9.17) is 9.47 Å². The predicted octanol–water partition coefficient (Wildman–Crippen LogP) is -1.06. The van der Waals surface area contributed by atoms with Crippen LogP contribution in [0.1, 0.15) is 25.7 Å². The Hall–Kier alpha value is -1.18. The van der Waals surface area contributed by atoms with Crippen molar-refractivity contribution in [2.75, 3.05) is 32.9 Å². The molecule has 0 bridgehead atoms. The van der Waals surface area contributed by atoms with Gasteiger partial charge in [-0.3, -0.25) is 9.59 Å². The lowest BCUT2D eigenvalue weighted by Gasteiger charge is -2.31. The molecule has 2 saturated heterocycles. The van der Waals surface area contributed by atoms with Crippen LogP contribution in [0.25, 0.3) is 0 Å². The summed E-state index contributed by atoms with van der Waals surface area (Å²) in [4.78, 5) is 23.2. The highest BCUT2D eigenvalue weighted by atomic mass is 16.5. The van der Waals surface area contributed by atoms with Crippen LogP contribution in [0, 0.1) is 0 Å². The smallest absolute Gasteiger partial charge is 0.309 e. The lowest BCUT2D eigenvalue weighted by Crippen LogP contribution is -2.50. The Bertz CT molecular complexity index is 349. The maximum atomic E-state index is 11.6. The van der Waals surface area contributed by atoms with Crippen LogP contribution in [-0.2, 0) is 19.1 Å². The van der Waals surface area contributed by atoms with Crippen molar-refractivity contribution < 1.29 is 24.2 Å². The average molecular weight is 286 g/mol. The largest absolute Gasteiger partial charge is 0.388 e. The Morgan fingerprint density at radius 1 is 1.15 bits per heavy atom. The van der Waals surface area contributed by atoms with Gasteiger partial charge in [0.25, 0.3) is 0 Å². The molecule has 20 heavy (non-hydrogen) atoms. The SMILES string of the molecule is O=C(NC[C@H]1CCCO1)C(=O)NCC1(O)CCOCC1. The molecule has 0 aromatic rings. The second kappa shape index (κ2) is 7.01. The molecule has 0 spiro atoms. The van der Waals surface area contributed by atoms with E-state index >= 15 is 0 Å². The van der Waals surface area contributed by atoms with Gasteiger partial charge in [-0.25, -0.2) is 0 Å². The Balaban J connectivity index is 1.66. The fourth-order valence-electron chi connectivity index (χ4n) is 2.35. The second-order valence-electron chi connectivity index (χ2n) is 5.36. The lowest BCUT2D eigenvalue weighted by molar-refractivity contribution is -0.140. The first-order valence-electron chi connectivity index (χ1n) is 7.07. The number of hydrogen-bond acceptors (Lipinski definition) is 5. The molecular formula is C13H22N2O5. The van der Waals surface area contributed by atoms with E-state index in [2.05, 4.69) is 10.6 Å². The average Bonchev–Trinajstić information content (AvgIpc) is 2.96. The zero-order valence-electron chi connectivity index (χ0n) is 11.5. The molecular weight excluding hydrogens is 264 g/mol. The molecule has 2 fully saturated rings. The van der Waals surface area contributed by atoms with E-state index < -0.39 is 17.4 Å².